The largest absolute Gasteiger partial charge is 0.342 e. The van der Waals surface area contributed by atoms with Crippen molar-refractivity contribution in [2.45, 2.75) is 39.2 Å². The molecule has 0 aromatic rings. The number of amides is 1. The molecule has 0 aromatic heterocycles. The van der Waals surface area contributed by atoms with E-state index in [1.807, 2.05) is 14.0 Å². The summed E-state index contributed by atoms with van der Waals surface area (Å²) in [6, 6.07) is 0.149. The molecule has 1 unspecified atom stereocenters. The van der Waals surface area contributed by atoms with Crippen LogP contribution in [0.1, 0.15) is 33.1 Å². The zero-order chi connectivity index (χ0) is 9.56. The Morgan fingerprint density at radius 1 is 1.58 bits per heavy atom. The second-order valence-corrected chi connectivity index (χ2v) is 3.42. The van der Waals surface area contributed by atoms with Crippen molar-refractivity contribution in [3.05, 3.63) is 0 Å². The molecule has 1 amide bonds. The predicted octanol–water partition coefficient (Wildman–Crippen LogP) is 2.26. The van der Waals surface area contributed by atoms with Gasteiger partial charge in [-0.05, 0) is 13.3 Å². The maximum atomic E-state index is 11.4. The van der Waals surface area contributed by atoms with E-state index >= 15 is 0 Å². The Balaban J connectivity index is 3.75. The summed E-state index contributed by atoms with van der Waals surface area (Å²) in [6.07, 6.45) is 2.68. The summed E-state index contributed by atoms with van der Waals surface area (Å²) in [7, 11) is 1.81. The molecule has 72 valence electrons. The fourth-order valence-electron chi connectivity index (χ4n) is 0.854. The third-order valence-corrected chi connectivity index (χ3v) is 2.47. The van der Waals surface area contributed by atoms with Crippen molar-refractivity contribution >= 4 is 17.5 Å². The minimum Gasteiger partial charge on any atom is -0.342 e. The number of hydrogen-bond acceptors (Lipinski definition) is 1. The highest BCUT2D eigenvalue weighted by Crippen LogP contribution is 2.03. The van der Waals surface area contributed by atoms with Crippen molar-refractivity contribution in [2.24, 2.45) is 0 Å². The first-order valence-electron chi connectivity index (χ1n) is 4.45. The molecule has 0 aliphatic rings. The van der Waals surface area contributed by atoms with Crippen molar-refractivity contribution in [2.75, 3.05) is 12.9 Å². The number of hydrogen-bond donors (Lipinski definition) is 0. The van der Waals surface area contributed by atoms with E-state index in [0.717, 1.165) is 12.8 Å². The molecule has 3 heteroatoms. The number of rotatable bonds is 5. The highest BCUT2D eigenvalue weighted by atomic mass is 35.5. The molecule has 0 spiro atoms. The average Bonchev–Trinajstić information content (AvgIpc) is 2.11. The zero-order valence-electron chi connectivity index (χ0n) is 8.14. The Morgan fingerprint density at radius 2 is 2.17 bits per heavy atom. The molecule has 0 bridgehead atoms. The van der Waals surface area contributed by atoms with E-state index in [-0.39, 0.29) is 11.9 Å². The number of carbonyl (C=O) groups is 1. The van der Waals surface area contributed by atoms with Gasteiger partial charge in [-0.3, -0.25) is 4.79 Å². The van der Waals surface area contributed by atoms with Crippen molar-refractivity contribution in [1.82, 2.24) is 4.90 Å². The molecule has 0 saturated heterocycles. The monoisotopic (exact) mass is 191 g/mol. The number of nitrogens with zero attached hydrogens (tertiary/aromatic N) is 1. The van der Waals surface area contributed by atoms with Gasteiger partial charge in [0.2, 0.25) is 5.91 Å². The number of carbonyl (C=O) groups excluding carboxylic acids is 1. The molecule has 0 aliphatic heterocycles. The summed E-state index contributed by atoms with van der Waals surface area (Å²) < 4.78 is 0. The highest BCUT2D eigenvalue weighted by molar-refractivity contribution is 6.18. The van der Waals surface area contributed by atoms with Crippen molar-refractivity contribution < 1.29 is 4.79 Å². The van der Waals surface area contributed by atoms with Gasteiger partial charge in [0.05, 0.1) is 0 Å². The number of alkyl halides is 1. The standard InChI is InChI=1S/C9H18ClNO/c1-4-5-6-9(12)11(3)8(2)7-10/h8H,4-7H2,1-3H3. The summed E-state index contributed by atoms with van der Waals surface area (Å²) in [5, 5.41) is 0. The average molecular weight is 192 g/mol. The molecule has 0 radical (unpaired) electrons. The van der Waals surface area contributed by atoms with E-state index in [1.54, 1.807) is 4.90 Å². The summed E-state index contributed by atoms with van der Waals surface area (Å²) in [6.45, 7) is 4.04. The Morgan fingerprint density at radius 3 is 2.58 bits per heavy atom. The lowest BCUT2D eigenvalue weighted by atomic mass is 10.2. The Bertz CT molecular complexity index is 138. The molecule has 0 heterocycles. The first-order chi connectivity index (χ1) is 5.63. The molecule has 0 N–H and O–H groups in total. The third-order valence-electron chi connectivity index (χ3n) is 2.02. The highest BCUT2D eigenvalue weighted by Gasteiger charge is 2.13. The van der Waals surface area contributed by atoms with Crippen LogP contribution in [0.15, 0.2) is 0 Å². The Kier molecular flexibility index (Phi) is 6.17. The van der Waals surface area contributed by atoms with Crippen LogP contribution in [-0.2, 0) is 4.79 Å². The van der Waals surface area contributed by atoms with Crippen LogP contribution in [0.2, 0.25) is 0 Å². The van der Waals surface area contributed by atoms with E-state index < -0.39 is 0 Å². The van der Waals surface area contributed by atoms with Gasteiger partial charge in [-0.1, -0.05) is 13.3 Å². The van der Waals surface area contributed by atoms with Crippen LogP contribution >= 0.6 is 11.6 Å². The lowest BCUT2D eigenvalue weighted by Crippen LogP contribution is -2.35. The lowest BCUT2D eigenvalue weighted by Gasteiger charge is -2.22. The smallest absolute Gasteiger partial charge is 0.222 e. The van der Waals surface area contributed by atoms with Gasteiger partial charge in [0.25, 0.3) is 0 Å². The van der Waals surface area contributed by atoms with Crippen LogP contribution in [0, 0.1) is 0 Å². The fourth-order valence-corrected chi connectivity index (χ4v) is 1.06. The summed E-state index contributed by atoms with van der Waals surface area (Å²) in [5.41, 5.74) is 0. The van der Waals surface area contributed by atoms with Gasteiger partial charge in [-0.2, -0.15) is 0 Å². The molecule has 1 atom stereocenters. The fraction of sp³-hybridized carbons (Fsp3) is 0.889. The van der Waals surface area contributed by atoms with Crippen molar-refractivity contribution in [1.29, 1.82) is 0 Å². The van der Waals surface area contributed by atoms with Crippen LogP contribution in [0.25, 0.3) is 0 Å². The van der Waals surface area contributed by atoms with Gasteiger partial charge >= 0.3 is 0 Å². The SMILES string of the molecule is CCCCC(=O)N(C)C(C)CCl. The summed E-state index contributed by atoms with van der Waals surface area (Å²) >= 11 is 5.63. The molecular weight excluding hydrogens is 174 g/mol. The number of halogens is 1. The van der Waals surface area contributed by atoms with E-state index in [4.69, 9.17) is 11.6 Å². The summed E-state index contributed by atoms with van der Waals surface area (Å²) in [4.78, 5) is 13.1. The molecule has 12 heavy (non-hydrogen) atoms. The first-order valence-corrected chi connectivity index (χ1v) is 4.98. The van der Waals surface area contributed by atoms with Crippen LogP contribution in [-0.4, -0.2) is 29.8 Å². The Hall–Kier alpha value is -0.240. The minimum atomic E-state index is 0.149. The quantitative estimate of drug-likeness (QED) is 0.611. The second kappa shape index (κ2) is 6.30. The first kappa shape index (κ1) is 11.8. The maximum absolute atomic E-state index is 11.4. The molecule has 2 nitrogen and oxygen atoms in total. The van der Waals surface area contributed by atoms with Crippen LogP contribution in [0.4, 0.5) is 0 Å². The van der Waals surface area contributed by atoms with Crippen LogP contribution < -0.4 is 0 Å². The number of unbranched alkanes of at least 4 members (excludes halogenated alkanes) is 1. The van der Waals surface area contributed by atoms with Crippen molar-refractivity contribution in [3.8, 4) is 0 Å². The molecule has 0 aliphatic carbocycles. The molecule has 0 saturated carbocycles. The van der Waals surface area contributed by atoms with E-state index in [0.29, 0.717) is 12.3 Å². The Labute approximate surface area is 79.9 Å². The molecule has 0 rings (SSSR count). The van der Waals surface area contributed by atoms with Gasteiger partial charge in [0.15, 0.2) is 0 Å². The van der Waals surface area contributed by atoms with Gasteiger partial charge in [-0.15, -0.1) is 11.6 Å². The minimum absolute atomic E-state index is 0.149. The van der Waals surface area contributed by atoms with Gasteiger partial charge < -0.3 is 4.90 Å². The van der Waals surface area contributed by atoms with E-state index in [2.05, 4.69) is 6.92 Å². The van der Waals surface area contributed by atoms with Gasteiger partial charge in [0.1, 0.15) is 0 Å². The van der Waals surface area contributed by atoms with E-state index in [9.17, 15) is 4.79 Å². The zero-order valence-corrected chi connectivity index (χ0v) is 8.90. The predicted molar refractivity (Wildman–Crippen MR) is 52.5 cm³/mol. The molecular formula is C9H18ClNO. The normalized spacial score (nSPS) is 12.7. The van der Waals surface area contributed by atoms with Crippen LogP contribution in [0.5, 0.6) is 0 Å². The third kappa shape index (κ3) is 3.96. The topological polar surface area (TPSA) is 20.3 Å². The van der Waals surface area contributed by atoms with Crippen molar-refractivity contribution in [3.63, 3.8) is 0 Å². The second-order valence-electron chi connectivity index (χ2n) is 3.11. The van der Waals surface area contributed by atoms with E-state index in [1.165, 1.54) is 0 Å². The molecule has 0 fully saturated rings. The lowest BCUT2D eigenvalue weighted by molar-refractivity contribution is -0.131. The summed E-state index contributed by atoms with van der Waals surface area (Å²) in [5.74, 6) is 0.707. The maximum Gasteiger partial charge on any atom is 0.222 e. The van der Waals surface area contributed by atoms with Crippen LogP contribution in [0.3, 0.4) is 0 Å². The molecule has 0 aromatic carbocycles. The van der Waals surface area contributed by atoms with Gasteiger partial charge in [-0.25, -0.2) is 0 Å². The van der Waals surface area contributed by atoms with Gasteiger partial charge in [0, 0.05) is 25.4 Å².